The molecule has 2 aromatic carbocycles. The van der Waals surface area contributed by atoms with Crippen molar-refractivity contribution in [1.82, 2.24) is 15.2 Å². The molecule has 2 heterocycles. The van der Waals surface area contributed by atoms with Gasteiger partial charge in [-0.25, -0.2) is 0 Å². The number of ether oxygens (including phenoxy) is 1. The summed E-state index contributed by atoms with van der Waals surface area (Å²) >= 11 is 0. The van der Waals surface area contributed by atoms with Crippen LogP contribution in [0.5, 0.6) is 5.75 Å². The largest absolute Gasteiger partial charge is 0.484 e. The van der Waals surface area contributed by atoms with Gasteiger partial charge in [0.2, 0.25) is 5.91 Å². The monoisotopic (exact) mass is 443 g/mol. The van der Waals surface area contributed by atoms with Crippen LogP contribution in [0.2, 0.25) is 0 Å². The van der Waals surface area contributed by atoms with Gasteiger partial charge in [0, 0.05) is 32.5 Å². The van der Waals surface area contributed by atoms with Crippen LogP contribution in [0.25, 0.3) is 11.1 Å². The first-order chi connectivity index (χ1) is 16.1. The number of hydrogen-bond acceptors (Lipinski definition) is 4. The standard InChI is InChI=1S/C27H29N3O3/c1-28-26(32)27(18-22-8-5-6-11-24(22)21-12-15-29-16-13-21)14-7-17-30(20-27)25(31)19-33-23-9-3-2-4-10-23/h2-6,8-13,15-16H,7,14,17-20H2,1H3,(H,28,32)/t27-/m1/s1. The zero-order valence-corrected chi connectivity index (χ0v) is 18.9. The van der Waals surface area contributed by atoms with Crippen LogP contribution >= 0.6 is 0 Å². The highest BCUT2D eigenvalue weighted by Crippen LogP contribution is 2.37. The molecule has 6 heteroatoms. The van der Waals surface area contributed by atoms with Crippen molar-refractivity contribution >= 4 is 11.8 Å². The van der Waals surface area contributed by atoms with Crippen LogP contribution in [-0.2, 0) is 16.0 Å². The first kappa shape index (κ1) is 22.5. The molecule has 1 aliphatic rings. The van der Waals surface area contributed by atoms with E-state index in [0.29, 0.717) is 25.3 Å². The summed E-state index contributed by atoms with van der Waals surface area (Å²) in [4.78, 5) is 32.1. The van der Waals surface area contributed by atoms with Gasteiger partial charge in [0.15, 0.2) is 6.61 Å². The number of pyridine rings is 1. The molecule has 3 aromatic rings. The van der Waals surface area contributed by atoms with Crippen LogP contribution in [0.3, 0.4) is 0 Å². The Hall–Kier alpha value is -3.67. The van der Waals surface area contributed by atoms with Gasteiger partial charge in [-0.1, -0.05) is 42.5 Å². The summed E-state index contributed by atoms with van der Waals surface area (Å²) in [6.07, 6.45) is 5.58. The number of piperidine rings is 1. The highest BCUT2D eigenvalue weighted by atomic mass is 16.5. The van der Waals surface area contributed by atoms with Crippen molar-refractivity contribution in [1.29, 1.82) is 0 Å². The zero-order valence-electron chi connectivity index (χ0n) is 18.9. The van der Waals surface area contributed by atoms with Gasteiger partial charge in [0.25, 0.3) is 5.91 Å². The molecule has 0 aliphatic carbocycles. The van der Waals surface area contributed by atoms with Crippen molar-refractivity contribution in [2.45, 2.75) is 19.3 Å². The second-order valence-corrected chi connectivity index (χ2v) is 8.45. The molecule has 1 atom stereocenters. The fourth-order valence-electron chi connectivity index (χ4n) is 4.62. The minimum absolute atomic E-state index is 0.0338. The molecule has 170 valence electrons. The molecule has 6 nitrogen and oxygen atoms in total. The summed E-state index contributed by atoms with van der Waals surface area (Å²) in [6.45, 7) is 0.956. The molecule has 1 aliphatic heterocycles. The molecule has 1 saturated heterocycles. The maximum atomic E-state index is 13.2. The summed E-state index contributed by atoms with van der Waals surface area (Å²) in [5.41, 5.74) is 2.53. The number of rotatable bonds is 7. The maximum absolute atomic E-state index is 13.2. The zero-order chi connectivity index (χ0) is 23.1. The second kappa shape index (κ2) is 10.3. The molecule has 0 unspecified atom stereocenters. The molecule has 1 aromatic heterocycles. The van der Waals surface area contributed by atoms with Crippen LogP contribution in [0.15, 0.2) is 79.1 Å². The van der Waals surface area contributed by atoms with Gasteiger partial charge in [-0.05, 0) is 60.2 Å². The van der Waals surface area contributed by atoms with E-state index in [1.807, 2.05) is 54.6 Å². The average molecular weight is 444 g/mol. The van der Waals surface area contributed by atoms with E-state index in [4.69, 9.17) is 4.74 Å². The summed E-state index contributed by atoms with van der Waals surface area (Å²) < 4.78 is 5.67. The van der Waals surface area contributed by atoms with Gasteiger partial charge < -0.3 is 15.0 Å². The number of aromatic nitrogens is 1. The first-order valence-electron chi connectivity index (χ1n) is 11.3. The summed E-state index contributed by atoms with van der Waals surface area (Å²) in [6, 6.07) is 21.4. The van der Waals surface area contributed by atoms with Gasteiger partial charge in [-0.15, -0.1) is 0 Å². The first-order valence-corrected chi connectivity index (χ1v) is 11.3. The lowest BCUT2D eigenvalue weighted by molar-refractivity contribution is -0.142. The van der Waals surface area contributed by atoms with Crippen molar-refractivity contribution < 1.29 is 14.3 Å². The number of nitrogens with one attached hydrogen (secondary N) is 1. The Morgan fingerprint density at radius 3 is 2.52 bits per heavy atom. The average Bonchev–Trinajstić information content (AvgIpc) is 2.88. The Bertz CT molecular complexity index is 1090. The number of carbonyl (C=O) groups excluding carboxylic acids is 2. The van der Waals surface area contributed by atoms with Crippen LogP contribution in [0, 0.1) is 5.41 Å². The number of hydrogen-bond donors (Lipinski definition) is 1. The number of likely N-dealkylation sites (tertiary alicyclic amines) is 1. The Morgan fingerprint density at radius 2 is 1.76 bits per heavy atom. The fraction of sp³-hybridized carbons (Fsp3) is 0.296. The van der Waals surface area contributed by atoms with Crippen LogP contribution < -0.4 is 10.1 Å². The van der Waals surface area contributed by atoms with E-state index in [1.54, 1.807) is 24.3 Å². The molecule has 1 fully saturated rings. The molecule has 4 rings (SSSR count). The smallest absolute Gasteiger partial charge is 0.260 e. The molecule has 0 radical (unpaired) electrons. The summed E-state index contributed by atoms with van der Waals surface area (Å²) in [7, 11) is 1.66. The lowest BCUT2D eigenvalue weighted by Crippen LogP contribution is -2.54. The van der Waals surface area contributed by atoms with E-state index >= 15 is 0 Å². The predicted molar refractivity (Wildman–Crippen MR) is 128 cm³/mol. The SMILES string of the molecule is CNC(=O)[C@@]1(Cc2ccccc2-c2ccncc2)CCCN(C(=O)COc2ccccc2)C1. The third-order valence-corrected chi connectivity index (χ3v) is 6.28. The number of para-hydroxylation sites is 1. The van der Waals surface area contributed by atoms with Crippen LogP contribution in [0.1, 0.15) is 18.4 Å². The Morgan fingerprint density at radius 1 is 1.03 bits per heavy atom. The molecule has 33 heavy (non-hydrogen) atoms. The summed E-state index contributed by atoms with van der Waals surface area (Å²) in [5.74, 6) is 0.523. The van der Waals surface area contributed by atoms with E-state index in [2.05, 4.69) is 22.4 Å². The third kappa shape index (κ3) is 5.22. The number of benzene rings is 2. The Labute approximate surface area is 194 Å². The highest BCUT2D eigenvalue weighted by Gasteiger charge is 2.43. The number of nitrogens with zero attached hydrogens (tertiary/aromatic N) is 2. The number of amides is 2. The van der Waals surface area contributed by atoms with Gasteiger partial charge in [0.05, 0.1) is 5.41 Å². The van der Waals surface area contributed by atoms with Crippen molar-refractivity contribution in [3.63, 3.8) is 0 Å². The van der Waals surface area contributed by atoms with E-state index < -0.39 is 5.41 Å². The lowest BCUT2D eigenvalue weighted by atomic mass is 9.73. The maximum Gasteiger partial charge on any atom is 0.260 e. The molecular formula is C27H29N3O3. The summed E-state index contributed by atoms with van der Waals surface area (Å²) in [5, 5.41) is 2.85. The van der Waals surface area contributed by atoms with Gasteiger partial charge >= 0.3 is 0 Å². The van der Waals surface area contributed by atoms with E-state index in [9.17, 15) is 9.59 Å². The van der Waals surface area contributed by atoms with Crippen LogP contribution in [-0.4, -0.2) is 48.4 Å². The topological polar surface area (TPSA) is 71.5 Å². The van der Waals surface area contributed by atoms with Gasteiger partial charge in [-0.3, -0.25) is 14.6 Å². The van der Waals surface area contributed by atoms with E-state index in [0.717, 1.165) is 29.5 Å². The van der Waals surface area contributed by atoms with Crippen LogP contribution in [0.4, 0.5) is 0 Å². The Kier molecular flexibility index (Phi) is 7.03. The molecule has 2 amide bonds. The van der Waals surface area contributed by atoms with Gasteiger partial charge in [-0.2, -0.15) is 0 Å². The second-order valence-electron chi connectivity index (χ2n) is 8.45. The van der Waals surface area contributed by atoms with Gasteiger partial charge in [0.1, 0.15) is 5.75 Å². The lowest BCUT2D eigenvalue weighted by Gasteiger charge is -2.42. The molecule has 0 saturated carbocycles. The van der Waals surface area contributed by atoms with Crippen molar-refractivity contribution in [2.24, 2.45) is 5.41 Å². The number of carbonyl (C=O) groups is 2. The fourth-order valence-corrected chi connectivity index (χ4v) is 4.62. The van der Waals surface area contributed by atoms with Crippen molar-refractivity contribution in [3.05, 3.63) is 84.7 Å². The molecule has 0 bridgehead atoms. The van der Waals surface area contributed by atoms with Crippen molar-refractivity contribution in [3.8, 4) is 16.9 Å². The van der Waals surface area contributed by atoms with E-state index in [1.165, 1.54) is 0 Å². The molecule has 1 N–H and O–H groups in total. The van der Waals surface area contributed by atoms with Crippen molar-refractivity contribution in [2.75, 3.05) is 26.7 Å². The normalized spacial score (nSPS) is 17.9. The molecular weight excluding hydrogens is 414 g/mol. The minimum atomic E-state index is -0.696. The quantitative estimate of drug-likeness (QED) is 0.604. The third-order valence-electron chi connectivity index (χ3n) is 6.28. The Balaban J connectivity index is 1.55. The predicted octanol–water partition coefficient (Wildman–Crippen LogP) is 3.72. The molecule has 0 spiro atoms. The van der Waals surface area contributed by atoms with E-state index in [-0.39, 0.29) is 18.4 Å². The minimum Gasteiger partial charge on any atom is -0.484 e. The highest BCUT2D eigenvalue weighted by molar-refractivity contribution is 5.85.